The van der Waals surface area contributed by atoms with Crippen molar-refractivity contribution in [3.8, 4) is 0 Å². The Hall–Kier alpha value is -3.07. The zero-order valence-corrected chi connectivity index (χ0v) is 17.8. The van der Waals surface area contributed by atoms with E-state index >= 15 is 0 Å². The molecule has 4 rings (SSSR count). The van der Waals surface area contributed by atoms with Crippen molar-refractivity contribution >= 4 is 35.3 Å². The minimum atomic E-state index is -0.634. The maximum Gasteiger partial charge on any atom is 0.141 e. The summed E-state index contributed by atoms with van der Waals surface area (Å²) in [5.74, 6) is -1.25. The molecule has 1 fully saturated rings. The van der Waals surface area contributed by atoms with Gasteiger partial charge in [0, 0.05) is 25.0 Å². The van der Waals surface area contributed by atoms with Gasteiger partial charge < -0.3 is 25.1 Å². The molecule has 1 heterocycles. The van der Waals surface area contributed by atoms with E-state index in [1.54, 1.807) is 12.5 Å². The second-order valence-corrected chi connectivity index (χ2v) is 8.38. The van der Waals surface area contributed by atoms with E-state index < -0.39 is 17.0 Å². The largest absolute Gasteiger partial charge is 0.386 e. The van der Waals surface area contributed by atoms with Gasteiger partial charge in [-0.2, -0.15) is 0 Å². The van der Waals surface area contributed by atoms with Gasteiger partial charge >= 0.3 is 0 Å². The summed E-state index contributed by atoms with van der Waals surface area (Å²) in [5.41, 5.74) is 3.65. The molecule has 2 aromatic carbocycles. The topological polar surface area (TPSA) is 81.8 Å². The second kappa shape index (κ2) is 8.97. The van der Waals surface area contributed by atoms with Crippen LogP contribution in [0.2, 0.25) is 0 Å². The van der Waals surface area contributed by atoms with Crippen molar-refractivity contribution in [2.45, 2.75) is 36.1 Å². The number of aromatic amines is 1. The highest BCUT2D eigenvalue weighted by Gasteiger charge is 2.41. The molecule has 162 valence electrons. The molecular formula is C22H23F2N5OS. The van der Waals surface area contributed by atoms with Crippen LogP contribution < -0.4 is 15.4 Å². The van der Waals surface area contributed by atoms with Crippen molar-refractivity contribution in [3.05, 3.63) is 65.7 Å². The Kier molecular flexibility index (Phi) is 6.13. The van der Waals surface area contributed by atoms with Gasteiger partial charge in [0.05, 0.1) is 40.3 Å². The number of rotatable bonds is 9. The van der Waals surface area contributed by atoms with Gasteiger partial charge in [-0.15, -0.1) is 0 Å². The fourth-order valence-corrected chi connectivity index (χ4v) is 4.39. The molecule has 3 aromatic rings. The monoisotopic (exact) mass is 443 g/mol. The maximum atomic E-state index is 14.0. The summed E-state index contributed by atoms with van der Waals surface area (Å²) >= 11 is 1.06. The molecule has 1 aliphatic carbocycles. The first kappa shape index (κ1) is 21.2. The highest BCUT2D eigenvalue weighted by molar-refractivity contribution is 8.00. The van der Waals surface area contributed by atoms with E-state index in [0.717, 1.165) is 66.2 Å². The molecule has 6 nitrogen and oxygen atoms in total. The number of anilines is 3. The lowest BCUT2D eigenvalue weighted by atomic mass is 9.65. The minimum Gasteiger partial charge on any atom is -0.386 e. The zero-order valence-electron chi connectivity index (χ0n) is 17.0. The van der Waals surface area contributed by atoms with Gasteiger partial charge in [0.1, 0.15) is 17.9 Å². The summed E-state index contributed by atoms with van der Waals surface area (Å²) in [5, 5.41) is 6.62. The lowest BCUT2D eigenvalue weighted by Crippen LogP contribution is -2.36. The third-order valence-electron chi connectivity index (χ3n) is 5.59. The Morgan fingerprint density at radius 1 is 1.26 bits per heavy atom. The Bertz CT molecular complexity index is 1070. The number of imidazole rings is 1. The average molecular weight is 444 g/mol. The first-order valence-electron chi connectivity index (χ1n) is 9.96. The second-order valence-electron chi connectivity index (χ2n) is 7.53. The predicted octanol–water partition coefficient (Wildman–Crippen LogP) is 5.08. The first-order valence-corrected chi connectivity index (χ1v) is 10.8. The molecule has 0 atom stereocenters. The smallest absolute Gasteiger partial charge is 0.141 e. The standard InChI is InChI=1S/C22H23F2N5OS/c1-25-21-17(22(12-30)5-2-6-22)8-15(9-19(21)27-11-16-10-26-13-28-16)29-31-20-4-3-14(23)7-18(20)24/h3-4,7-10,12-13,25,27,29H,2,5-6,11H2,1H3,(H,26,28). The van der Waals surface area contributed by atoms with Crippen LogP contribution in [0.15, 0.2) is 47.8 Å². The van der Waals surface area contributed by atoms with Crippen molar-refractivity contribution in [2.24, 2.45) is 0 Å². The van der Waals surface area contributed by atoms with Crippen molar-refractivity contribution < 1.29 is 13.6 Å². The normalized spacial score (nSPS) is 14.5. The zero-order chi connectivity index (χ0) is 21.8. The maximum absolute atomic E-state index is 14.0. The van der Waals surface area contributed by atoms with Gasteiger partial charge in [-0.3, -0.25) is 0 Å². The number of hydrogen-bond donors (Lipinski definition) is 4. The molecule has 0 saturated heterocycles. The van der Waals surface area contributed by atoms with Crippen LogP contribution in [-0.4, -0.2) is 23.3 Å². The third-order valence-corrected chi connectivity index (χ3v) is 6.48. The molecule has 0 unspecified atom stereocenters. The summed E-state index contributed by atoms with van der Waals surface area (Å²) in [6.45, 7) is 0.519. The molecule has 0 aliphatic heterocycles. The quantitative estimate of drug-likeness (QED) is 0.273. The predicted molar refractivity (Wildman–Crippen MR) is 119 cm³/mol. The molecule has 0 amide bonds. The Morgan fingerprint density at radius 2 is 2.10 bits per heavy atom. The number of carbonyl (C=O) groups excluding carboxylic acids is 1. The van der Waals surface area contributed by atoms with Crippen molar-refractivity contribution in [2.75, 3.05) is 22.4 Å². The van der Waals surface area contributed by atoms with E-state index in [1.165, 1.54) is 12.1 Å². The van der Waals surface area contributed by atoms with Gasteiger partial charge in [0.2, 0.25) is 0 Å². The van der Waals surface area contributed by atoms with Gasteiger partial charge in [-0.05, 0) is 54.6 Å². The molecule has 0 radical (unpaired) electrons. The SMILES string of the molecule is CNc1c(NCc2cnc[nH]2)cc(NSc2ccc(F)cc2F)cc1C1(C=O)CCC1. The molecule has 1 aromatic heterocycles. The third kappa shape index (κ3) is 4.36. The van der Waals surface area contributed by atoms with Crippen LogP contribution in [0.25, 0.3) is 0 Å². The van der Waals surface area contributed by atoms with Crippen molar-refractivity contribution in [1.29, 1.82) is 0 Å². The van der Waals surface area contributed by atoms with Crippen LogP contribution in [-0.2, 0) is 16.8 Å². The molecule has 0 spiro atoms. The average Bonchev–Trinajstić information content (AvgIpc) is 3.25. The van der Waals surface area contributed by atoms with Crippen LogP contribution in [0.3, 0.4) is 0 Å². The number of aldehydes is 1. The molecule has 4 N–H and O–H groups in total. The van der Waals surface area contributed by atoms with Crippen molar-refractivity contribution in [3.63, 3.8) is 0 Å². The number of nitrogens with one attached hydrogen (secondary N) is 4. The highest BCUT2D eigenvalue weighted by atomic mass is 32.2. The van der Waals surface area contributed by atoms with Gasteiger partial charge in [0.25, 0.3) is 0 Å². The summed E-state index contributed by atoms with van der Waals surface area (Å²) in [6.07, 6.45) is 6.95. The number of nitrogens with zero attached hydrogens (tertiary/aromatic N) is 1. The number of aromatic nitrogens is 2. The summed E-state index contributed by atoms with van der Waals surface area (Å²) < 4.78 is 30.4. The Morgan fingerprint density at radius 3 is 2.71 bits per heavy atom. The molecule has 31 heavy (non-hydrogen) atoms. The van der Waals surface area contributed by atoms with Crippen LogP contribution in [0.4, 0.5) is 25.8 Å². The van der Waals surface area contributed by atoms with E-state index in [1.807, 2.05) is 19.2 Å². The summed E-state index contributed by atoms with van der Waals surface area (Å²) in [4.78, 5) is 19.4. The Balaban J connectivity index is 1.66. The number of halogens is 2. The molecule has 1 aliphatic rings. The molecule has 0 bridgehead atoms. The highest BCUT2D eigenvalue weighted by Crippen LogP contribution is 2.48. The molecule has 9 heteroatoms. The lowest BCUT2D eigenvalue weighted by Gasteiger charge is -2.39. The summed E-state index contributed by atoms with van der Waals surface area (Å²) in [6, 6.07) is 7.29. The van der Waals surface area contributed by atoms with Gasteiger partial charge in [-0.25, -0.2) is 13.8 Å². The van der Waals surface area contributed by atoms with Crippen LogP contribution in [0.5, 0.6) is 0 Å². The van der Waals surface area contributed by atoms with Crippen LogP contribution in [0, 0.1) is 11.6 Å². The first-order chi connectivity index (χ1) is 15.0. The van der Waals surface area contributed by atoms with E-state index in [0.29, 0.717) is 12.2 Å². The fourth-order valence-electron chi connectivity index (χ4n) is 3.75. The number of hydrogen-bond acceptors (Lipinski definition) is 6. The van der Waals surface area contributed by atoms with Crippen LogP contribution >= 0.6 is 11.9 Å². The number of carbonyl (C=O) groups is 1. The van der Waals surface area contributed by atoms with E-state index in [4.69, 9.17) is 0 Å². The minimum absolute atomic E-state index is 0.279. The lowest BCUT2D eigenvalue weighted by molar-refractivity contribution is -0.115. The van der Waals surface area contributed by atoms with Crippen molar-refractivity contribution in [1.82, 2.24) is 9.97 Å². The molecular weight excluding hydrogens is 420 g/mol. The van der Waals surface area contributed by atoms with E-state index in [2.05, 4.69) is 25.3 Å². The van der Waals surface area contributed by atoms with Gasteiger partial charge in [0.15, 0.2) is 0 Å². The Labute approximate surface area is 183 Å². The number of benzene rings is 2. The molecule has 1 saturated carbocycles. The van der Waals surface area contributed by atoms with E-state index in [9.17, 15) is 13.6 Å². The fraction of sp³-hybridized carbons (Fsp3) is 0.273. The van der Waals surface area contributed by atoms with Gasteiger partial charge in [-0.1, -0.05) is 6.42 Å². The van der Waals surface area contributed by atoms with E-state index in [-0.39, 0.29) is 4.90 Å². The van der Waals surface area contributed by atoms with Crippen LogP contribution in [0.1, 0.15) is 30.5 Å². The number of H-pyrrole nitrogens is 1. The summed E-state index contributed by atoms with van der Waals surface area (Å²) in [7, 11) is 1.83.